The van der Waals surface area contributed by atoms with Crippen LogP contribution in [0.3, 0.4) is 0 Å². The largest absolute Gasteiger partial charge is 0.327 e. The standard InChI is InChI=1S/C20H20N2O3/c1-14-8-10-15(11-9-14)18(23)20(25)21(2)17-12-13-22(19(17)24)16-6-4-3-5-7-16/h3-11,17H,12-13H2,1-2H3. The van der Waals surface area contributed by atoms with Crippen molar-refractivity contribution in [2.24, 2.45) is 0 Å². The van der Waals surface area contributed by atoms with Crippen molar-refractivity contribution >= 4 is 23.3 Å². The summed E-state index contributed by atoms with van der Waals surface area (Å²) >= 11 is 0. The van der Waals surface area contributed by atoms with E-state index in [4.69, 9.17) is 0 Å². The summed E-state index contributed by atoms with van der Waals surface area (Å²) in [7, 11) is 1.52. The summed E-state index contributed by atoms with van der Waals surface area (Å²) in [5.74, 6) is -1.40. The van der Waals surface area contributed by atoms with Crippen LogP contribution in [0, 0.1) is 6.92 Å². The number of anilines is 1. The van der Waals surface area contributed by atoms with E-state index in [0.717, 1.165) is 11.3 Å². The van der Waals surface area contributed by atoms with E-state index >= 15 is 0 Å². The molecular formula is C20H20N2O3. The molecule has 1 atom stereocenters. The first kappa shape index (κ1) is 16.9. The fourth-order valence-corrected chi connectivity index (χ4v) is 3.02. The minimum Gasteiger partial charge on any atom is -0.327 e. The zero-order valence-corrected chi connectivity index (χ0v) is 14.3. The van der Waals surface area contributed by atoms with Crippen LogP contribution < -0.4 is 4.90 Å². The Morgan fingerprint density at radius 2 is 1.68 bits per heavy atom. The molecule has 0 N–H and O–H groups in total. The Morgan fingerprint density at radius 3 is 2.32 bits per heavy atom. The fraction of sp³-hybridized carbons (Fsp3) is 0.250. The third-order valence-corrected chi connectivity index (χ3v) is 4.54. The number of nitrogens with zero attached hydrogens (tertiary/aromatic N) is 2. The van der Waals surface area contributed by atoms with Crippen molar-refractivity contribution < 1.29 is 14.4 Å². The van der Waals surface area contributed by atoms with Crippen LogP contribution in [0.4, 0.5) is 5.69 Å². The lowest BCUT2D eigenvalue weighted by molar-refractivity contribution is -0.133. The summed E-state index contributed by atoms with van der Waals surface area (Å²) in [5.41, 5.74) is 2.16. The molecular weight excluding hydrogens is 316 g/mol. The van der Waals surface area contributed by atoms with E-state index in [0.29, 0.717) is 18.5 Å². The summed E-state index contributed by atoms with van der Waals surface area (Å²) in [6, 6.07) is 15.6. The number of amides is 2. The van der Waals surface area contributed by atoms with Crippen molar-refractivity contribution in [3.63, 3.8) is 0 Å². The number of likely N-dealkylation sites (N-methyl/N-ethyl adjacent to an activating group) is 1. The summed E-state index contributed by atoms with van der Waals surface area (Å²) in [4.78, 5) is 40.5. The molecule has 1 aliphatic heterocycles. The van der Waals surface area contributed by atoms with Crippen LogP contribution >= 0.6 is 0 Å². The molecule has 2 aromatic rings. The smallest absolute Gasteiger partial charge is 0.295 e. The van der Waals surface area contributed by atoms with Crippen molar-refractivity contribution in [3.8, 4) is 0 Å². The van der Waals surface area contributed by atoms with Gasteiger partial charge in [0.15, 0.2) is 0 Å². The second kappa shape index (κ2) is 6.89. The van der Waals surface area contributed by atoms with Gasteiger partial charge in [-0.2, -0.15) is 0 Å². The van der Waals surface area contributed by atoms with E-state index in [1.54, 1.807) is 29.2 Å². The first-order valence-electron chi connectivity index (χ1n) is 8.23. The van der Waals surface area contributed by atoms with Crippen molar-refractivity contribution in [2.45, 2.75) is 19.4 Å². The van der Waals surface area contributed by atoms with Gasteiger partial charge in [0.05, 0.1) is 0 Å². The first-order chi connectivity index (χ1) is 12.0. The van der Waals surface area contributed by atoms with Crippen LogP contribution in [0.15, 0.2) is 54.6 Å². The van der Waals surface area contributed by atoms with E-state index in [9.17, 15) is 14.4 Å². The summed E-state index contributed by atoms with van der Waals surface area (Å²) in [6.45, 7) is 2.45. The highest BCUT2D eigenvalue weighted by Crippen LogP contribution is 2.24. The average Bonchev–Trinajstić information content (AvgIpc) is 3.02. The van der Waals surface area contributed by atoms with Crippen LogP contribution in [0.5, 0.6) is 0 Å². The molecule has 128 valence electrons. The van der Waals surface area contributed by atoms with Crippen LogP contribution in [-0.2, 0) is 9.59 Å². The first-order valence-corrected chi connectivity index (χ1v) is 8.23. The van der Waals surface area contributed by atoms with Gasteiger partial charge in [-0.3, -0.25) is 14.4 Å². The van der Waals surface area contributed by atoms with Gasteiger partial charge in [0, 0.05) is 24.8 Å². The van der Waals surface area contributed by atoms with Gasteiger partial charge in [-0.05, 0) is 25.5 Å². The number of ketones is 1. The molecule has 0 bridgehead atoms. The summed E-state index contributed by atoms with van der Waals surface area (Å²) in [6.07, 6.45) is 0.511. The maximum absolute atomic E-state index is 12.7. The van der Waals surface area contributed by atoms with Crippen molar-refractivity contribution in [2.75, 3.05) is 18.5 Å². The fourth-order valence-electron chi connectivity index (χ4n) is 3.02. The number of hydrogen-bond acceptors (Lipinski definition) is 3. The lowest BCUT2D eigenvalue weighted by atomic mass is 10.1. The molecule has 5 nitrogen and oxygen atoms in total. The number of Topliss-reactive ketones (excluding diaryl/α,β-unsaturated/α-hetero) is 1. The molecule has 2 aromatic carbocycles. The highest BCUT2D eigenvalue weighted by molar-refractivity contribution is 6.43. The van der Waals surface area contributed by atoms with E-state index in [1.807, 2.05) is 37.3 Å². The van der Waals surface area contributed by atoms with E-state index in [-0.39, 0.29) is 5.91 Å². The molecule has 25 heavy (non-hydrogen) atoms. The van der Waals surface area contributed by atoms with E-state index < -0.39 is 17.7 Å². The predicted molar refractivity (Wildman–Crippen MR) is 95.5 cm³/mol. The molecule has 0 aromatic heterocycles. The molecule has 1 unspecified atom stereocenters. The number of rotatable bonds is 4. The minimum absolute atomic E-state index is 0.154. The van der Waals surface area contributed by atoms with Gasteiger partial charge in [-0.1, -0.05) is 48.0 Å². The lowest BCUT2D eigenvalue weighted by Gasteiger charge is -2.23. The van der Waals surface area contributed by atoms with Gasteiger partial charge in [0.25, 0.3) is 5.91 Å². The Morgan fingerprint density at radius 1 is 1.04 bits per heavy atom. The zero-order chi connectivity index (χ0) is 18.0. The molecule has 2 amide bonds. The molecule has 1 fully saturated rings. The van der Waals surface area contributed by atoms with Crippen molar-refractivity contribution in [1.29, 1.82) is 0 Å². The molecule has 1 aliphatic rings. The predicted octanol–water partition coefficient (Wildman–Crippen LogP) is 2.44. The maximum Gasteiger partial charge on any atom is 0.295 e. The highest BCUT2D eigenvalue weighted by Gasteiger charge is 2.38. The molecule has 1 saturated heterocycles. The van der Waals surface area contributed by atoms with Crippen molar-refractivity contribution in [3.05, 3.63) is 65.7 Å². The molecule has 3 rings (SSSR count). The Balaban J connectivity index is 1.73. The number of para-hydroxylation sites is 1. The van der Waals surface area contributed by atoms with Crippen LogP contribution in [0.25, 0.3) is 0 Å². The van der Waals surface area contributed by atoms with Crippen molar-refractivity contribution in [1.82, 2.24) is 4.90 Å². The monoisotopic (exact) mass is 336 g/mol. The quantitative estimate of drug-likeness (QED) is 0.636. The minimum atomic E-state index is -0.655. The highest BCUT2D eigenvalue weighted by atomic mass is 16.2. The summed E-state index contributed by atoms with van der Waals surface area (Å²) in [5, 5.41) is 0. The van der Waals surface area contributed by atoms with Crippen LogP contribution in [0.2, 0.25) is 0 Å². The SMILES string of the molecule is Cc1ccc(C(=O)C(=O)N(C)C2CCN(c3ccccc3)C2=O)cc1. The Kier molecular flexibility index (Phi) is 4.65. The Labute approximate surface area is 146 Å². The van der Waals surface area contributed by atoms with Crippen LogP contribution in [-0.4, -0.2) is 42.1 Å². The maximum atomic E-state index is 12.7. The zero-order valence-electron chi connectivity index (χ0n) is 14.3. The number of carbonyl (C=O) groups is 3. The molecule has 0 radical (unpaired) electrons. The molecule has 0 aliphatic carbocycles. The number of carbonyl (C=O) groups excluding carboxylic acids is 3. The third kappa shape index (κ3) is 3.31. The average molecular weight is 336 g/mol. The topological polar surface area (TPSA) is 57.7 Å². The van der Waals surface area contributed by atoms with Gasteiger partial charge < -0.3 is 9.80 Å². The van der Waals surface area contributed by atoms with Gasteiger partial charge in [-0.25, -0.2) is 0 Å². The van der Waals surface area contributed by atoms with Gasteiger partial charge >= 0.3 is 0 Å². The Bertz CT molecular complexity index is 799. The normalized spacial score (nSPS) is 16.8. The molecule has 0 spiro atoms. The summed E-state index contributed by atoms with van der Waals surface area (Å²) < 4.78 is 0. The third-order valence-electron chi connectivity index (χ3n) is 4.54. The van der Waals surface area contributed by atoms with Gasteiger partial charge in [-0.15, -0.1) is 0 Å². The second-order valence-corrected chi connectivity index (χ2v) is 6.24. The molecule has 0 saturated carbocycles. The Hall–Kier alpha value is -2.95. The second-order valence-electron chi connectivity index (χ2n) is 6.24. The number of aryl methyl sites for hydroxylation is 1. The van der Waals surface area contributed by atoms with Gasteiger partial charge in [0.2, 0.25) is 11.7 Å². The lowest BCUT2D eigenvalue weighted by Crippen LogP contribution is -2.45. The number of benzene rings is 2. The van der Waals surface area contributed by atoms with E-state index in [1.165, 1.54) is 11.9 Å². The number of hydrogen-bond donors (Lipinski definition) is 0. The van der Waals surface area contributed by atoms with E-state index in [2.05, 4.69) is 0 Å². The molecule has 5 heteroatoms. The van der Waals surface area contributed by atoms with Gasteiger partial charge in [0.1, 0.15) is 6.04 Å². The molecule has 1 heterocycles. The van der Waals surface area contributed by atoms with Crippen LogP contribution in [0.1, 0.15) is 22.3 Å².